The Labute approximate surface area is 130 Å². The predicted octanol–water partition coefficient (Wildman–Crippen LogP) is 1.69. The average Bonchev–Trinajstić information content (AvgIpc) is 2.96. The highest BCUT2D eigenvalue weighted by atomic mass is 19.1. The number of rotatable bonds is 5. The van der Waals surface area contributed by atoms with E-state index in [0.717, 1.165) is 45.6 Å². The third-order valence-corrected chi connectivity index (χ3v) is 4.39. The number of ether oxygens (including phenoxy) is 1. The number of benzene rings is 1. The van der Waals surface area contributed by atoms with Crippen LogP contribution < -0.4 is 10.1 Å². The van der Waals surface area contributed by atoms with Gasteiger partial charge in [-0.3, -0.25) is 4.90 Å². The van der Waals surface area contributed by atoms with E-state index in [1.807, 2.05) is 4.90 Å². The van der Waals surface area contributed by atoms with E-state index in [0.29, 0.717) is 18.4 Å². The molecule has 0 aliphatic carbocycles. The fourth-order valence-corrected chi connectivity index (χ4v) is 3.14. The predicted molar refractivity (Wildman–Crippen MR) is 81.5 cm³/mol. The van der Waals surface area contributed by atoms with Gasteiger partial charge in [-0.15, -0.1) is 0 Å². The van der Waals surface area contributed by atoms with Crippen LogP contribution in [0.3, 0.4) is 0 Å². The fraction of sp³-hybridized carbons (Fsp3) is 0.562. The van der Waals surface area contributed by atoms with Crippen molar-refractivity contribution in [3.63, 3.8) is 0 Å². The summed E-state index contributed by atoms with van der Waals surface area (Å²) in [5, 5.41) is 2.85. The van der Waals surface area contributed by atoms with E-state index < -0.39 is 0 Å². The highest BCUT2D eigenvalue weighted by molar-refractivity contribution is 5.76. The number of para-hydroxylation sites is 1. The molecule has 1 aromatic carbocycles. The maximum absolute atomic E-state index is 13.4. The summed E-state index contributed by atoms with van der Waals surface area (Å²) in [5.41, 5.74) is 0. The van der Waals surface area contributed by atoms with E-state index in [1.54, 1.807) is 18.2 Å². The zero-order valence-electron chi connectivity index (χ0n) is 12.6. The summed E-state index contributed by atoms with van der Waals surface area (Å²) in [4.78, 5) is 15.9. The first kappa shape index (κ1) is 15.1. The van der Waals surface area contributed by atoms with Gasteiger partial charge in [-0.2, -0.15) is 0 Å². The van der Waals surface area contributed by atoms with Crippen molar-refractivity contribution >= 4 is 6.03 Å². The number of nitrogens with one attached hydrogen (secondary N) is 1. The van der Waals surface area contributed by atoms with Crippen molar-refractivity contribution in [1.29, 1.82) is 0 Å². The molecule has 1 aromatic rings. The van der Waals surface area contributed by atoms with Crippen molar-refractivity contribution in [1.82, 2.24) is 15.1 Å². The summed E-state index contributed by atoms with van der Waals surface area (Å²) in [7, 11) is 0. The summed E-state index contributed by atoms with van der Waals surface area (Å²) < 4.78 is 18.9. The van der Waals surface area contributed by atoms with Gasteiger partial charge in [-0.05, 0) is 25.0 Å². The molecule has 6 heteroatoms. The van der Waals surface area contributed by atoms with E-state index in [2.05, 4.69) is 10.2 Å². The molecule has 2 saturated heterocycles. The minimum Gasteiger partial charge on any atom is -0.489 e. The molecule has 1 N–H and O–H groups in total. The maximum atomic E-state index is 13.4. The molecular weight excluding hydrogens is 285 g/mol. The van der Waals surface area contributed by atoms with Crippen LogP contribution in [0.5, 0.6) is 5.75 Å². The van der Waals surface area contributed by atoms with Gasteiger partial charge < -0.3 is 15.0 Å². The molecule has 2 amide bonds. The third kappa shape index (κ3) is 3.50. The normalized spacial score (nSPS) is 20.2. The van der Waals surface area contributed by atoms with E-state index >= 15 is 0 Å². The highest BCUT2D eigenvalue weighted by Gasteiger charge is 2.30. The number of halogens is 1. The lowest BCUT2D eigenvalue weighted by atomic mass is 10.0. The Hall–Kier alpha value is -1.82. The summed E-state index contributed by atoms with van der Waals surface area (Å²) in [6.07, 6.45) is 1.99. The van der Waals surface area contributed by atoms with Crippen LogP contribution in [0.15, 0.2) is 24.3 Å². The van der Waals surface area contributed by atoms with Crippen LogP contribution >= 0.6 is 0 Å². The molecule has 0 unspecified atom stereocenters. The van der Waals surface area contributed by atoms with Gasteiger partial charge >= 0.3 is 6.03 Å². The number of carbonyl (C=O) groups excluding carboxylic acids is 1. The van der Waals surface area contributed by atoms with Crippen LogP contribution in [0.25, 0.3) is 0 Å². The van der Waals surface area contributed by atoms with Crippen molar-refractivity contribution < 1.29 is 13.9 Å². The highest BCUT2D eigenvalue weighted by Crippen LogP contribution is 2.19. The molecule has 120 valence electrons. The second-order valence-electron chi connectivity index (χ2n) is 5.78. The zero-order chi connectivity index (χ0) is 15.4. The van der Waals surface area contributed by atoms with Crippen molar-refractivity contribution in [3.05, 3.63) is 30.1 Å². The molecule has 2 aliphatic rings. The van der Waals surface area contributed by atoms with Gasteiger partial charge in [-0.1, -0.05) is 12.1 Å². The summed E-state index contributed by atoms with van der Waals surface area (Å²) in [5.74, 6) is -0.00706. The van der Waals surface area contributed by atoms with Gasteiger partial charge in [0.1, 0.15) is 6.61 Å². The molecular formula is C16H22FN3O2. The standard InChI is InChI=1S/C16H22FN3O2/c17-14-3-1-2-4-15(14)22-12-11-19-8-5-13(6-9-19)20-10-7-18-16(20)21/h1-4,13H,5-12H2,(H,18,21). The Kier molecular flexibility index (Phi) is 4.77. The lowest BCUT2D eigenvalue weighted by molar-refractivity contribution is 0.122. The van der Waals surface area contributed by atoms with Gasteiger partial charge in [0.15, 0.2) is 11.6 Å². The Bertz CT molecular complexity index is 518. The van der Waals surface area contributed by atoms with Crippen molar-refractivity contribution in [2.45, 2.75) is 18.9 Å². The van der Waals surface area contributed by atoms with E-state index in [4.69, 9.17) is 4.74 Å². The minimum absolute atomic E-state index is 0.0707. The molecule has 0 atom stereocenters. The molecule has 5 nitrogen and oxygen atoms in total. The van der Waals surface area contributed by atoms with Crippen LogP contribution in [0.2, 0.25) is 0 Å². The molecule has 2 fully saturated rings. The molecule has 0 aromatic heterocycles. The topological polar surface area (TPSA) is 44.8 Å². The van der Waals surface area contributed by atoms with E-state index in [1.165, 1.54) is 6.07 Å². The summed E-state index contributed by atoms with van der Waals surface area (Å²) >= 11 is 0. The number of nitrogens with zero attached hydrogens (tertiary/aromatic N) is 2. The Morgan fingerprint density at radius 3 is 2.68 bits per heavy atom. The molecule has 2 aliphatic heterocycles. The smallest absolute Gasteiger partial charge is 0.317 e. The lowest BCUT2D eigenvalue weighted by Crippen LogP contribution is -2.46. The Morgan fingerprint density at radius 2 is 2.00 bits per heavy atom. The Balaban J connectivity index is 1.39. The van der Waals surface area contributed by atoms with Crippen LogP contribution in [-0.4, -0.2) is 61.2 Å². The summed E-state index contributed by atoms with van der Waals surface area (Å²) in [6.45, 7) is 4.75. The molecule has 3 rings (SSSR count). The second-order valence-corrected chi connectivity index (χ2v) is 5.78. The molecule has 0 saturated carbocycles. The molecule has 2 heterocycles. The number of carbonyl (C=O) groups is 1. The first-order valence-electron chi connectivity index (χ1n) is 7.88. The zero-order valence-corrected chi connectivity index (χ0v) is 12.6. The van der Waals surface area contributed by atoms with E-state index in [9.17, 15) is 9.18 Å². The number of likely N-dealkylation sites (tertiary alicyclic amines) is 1. The van der Waals surface area contributed by atoms with Crippen LogP contribution in [0, 0.1) is 5.82 Å². The largest absolute Gasteiger partial charge is 0.489 e. The van der Waals surface area contributed by atoms with Gasteiger partial charge in [0.05, 0.1) is 0 Å². The van der Waals surface area contributed by atoms with Gasteiger partial charge in [0, 0.05) is 38.8 Å². The molecule has 0 radical (unpaired) electrons. The maximum Gasteiger partial charge on any atom is 0.317 e. The third-order valence-electron chi connectivity index (χ3n) is 4.39. The fourth-order valence-electron chi connectivity index (χ4n) is 3.14. The number of piperidine rings is 1. The Morgan fingerprint density at radius 1 is 1.23 bits per heavy atom. The lowest BCUT2D eigenvalue weighted by Gasteiger charge is -2.36. The van der Waals surface area contributed by atoms with Gasteiger partial charge in [0.25, 0.3) is 0 Å². The summed E-state index contributed by atoms with van der Waals surface area (Å²) in [6, 6.07) is 6.90. The van der Waals surface area contributed by atoms with Crippen molar-refractivity contribution in [3.8, 4) is 5.75 Å². The first-order valence-corrected chi connectivity index (χ1v) is 7.88. The van der Waals surface area contributed by atoms with Crippen molar-refractivity contribution in [2.24, 2.45) is 0 Å². The van der Waals surface area contributed by atoms with Crippen LogP contribution in [-0.2, 0) is 0 Å². The monoisotopic (exact) mass is 307 g/mol. The van der Waals surface area contributed by atoms with Crippen LogP contribution in [0.1, 0.15) is 12.8 Å². The van der Waals surface area contributed by atoms with Gasteiger partial charge in [-0.25, -0.2) is 9.18 Å². The SMILES string of the molecule is O=C1NCCN1C1CCN(CCOc2ccccc2F)CC1. The first-order chi connectivity index (χ1) is 10.7. The average molecular weight is 307 g/mol. The quantitative estimate of drug-likeness (QED) is 0.900. The minimum atomic E-state index is -0.318. The number of amides is 2. The molecule has 0 spiro atoms. The number of urea groups is 1. The van der Waals surface area contributed by atoms with Crippen LogP contribution in [0.4, 0.5) is 9.18 Å². The molecule has 22 heavy (non-hydrogen) atoms. The molecule has 0 bridgehead atoms. The number of hydrogen-bond acceptors (Lipinski definition) is 3. The second kappa shape index (κ2) is 6.96. The van der Waals surface area contributed by atoms with Gasteiger partial charge in [0.2, 0.25) is 0 Å². The number of hydrogen-bond donors (Lipinski definition) is 1. The van der Waals surface area contributed by atoms with Crippen molar-refractivity contribution in [2.75, 3.05) is 39.3 Å². The van der Waals surface area contributed by atoms with E-state index in [-0.39, 0.29) is 11.8 Å².